The largest absolute Gasteiger partial charge is 0.457 e. The Bertz CT molecular complexity index is 452. The van der Waals surface area contributed by atoms with Gasteiger partial charge in [-0.05, 0) is 12.1 Å². The molecule has 0 aromatic heterocycles. The van der Waals surface area contributed by atoms with Crippen molar-refractivity contribution in [2.24, 2.45) is 5.73 Å². The summed E-state index contributed by atoms with van der Waals surface area (Å²) in [6.45, 7) is 0.387. The molecule has 2 aromatic carbocycles. The lowest BCUT2D eigenvalue weighted by atomic mass is 10.2. The quantitative estimate of drug-likeness (QED) is 0.846. The van der Waals surface area contributed by atoms with Crippen LogP contribution >= 0.6 is 0 Å². The van der Waals surface area contributed by atoms with E-state index < -0.39 is 0 Å². The Morgan fingerprint density at radius 1 is 0.882 bits per heavy atom. The molecule has 2 aromatic rings. The van der Waals surface area contributed by atoms with Crippen molar-refractivity contribution in [1.29, 1.82) is 0 Å². The molecule has 0 saturated heterocycles. The van der Waals surface area contributed by atoms with Crippen LogP contribution in [0.25, 0.3) is 0 Å². The van der Waals surface area contributed by atoms with E-state index >= 15 is 0 Å². The highest BCUT2D eigenvalue weighted by atomic mass is 16.5. The van der Waals surface area contributed by atoms with Gasteiger partial charge in [-0.1, -0.05) is 36.4 Å². The van der Waals surface area contributed by atoms with E-state index in [4.69, 9.17) is 10.5 Å². The van der Waals surface area contributed by atoms with Gasteiger partial charge in [0.15, 0.2) is 0 Å². The van der Waals surface area contributed by atoms with Crippen LogP contribution in [-0.2, 0) is 13.2 Å². The Hall–Kier alpha value is -1.84. The minimum absolute atomic E-state index is 0.0407. The van der Waals surface area contributed by atoms with E-state index in [0.717, 1.165) is 16.9 Å². The Labute approximate surface area is 100 Å². The van der Waals surface area contributed by atoms with Crippen molar-refractivity contribution in [3.8, 4) is 11.5 Å². The van der Waals surface area contributed by atoms with Crippen molar-refractivity contribution in [3.05, 3.63) is 59.7 Å². The Balaban J connectivity index is 2.31. The summed E-state index contributed by atoms with van der Waals surface area (Å²) in [5.74, 6) is 1.40. The molecule has 0 aliphatic carbocycles. The monoisotopic (exact) mass is 229 g/mol. The number of aliphatic hydroxyl groups is 1. The fraction of sp³-hybridized carbons (Fsp3) is 0.143. The molecule has 3 heteroatoms. The van der Waals surface area contributed by atoms with Crippen LogP contribution in [0, 0.1) is 0 Å². The molecule has 0 atom stereocenters. The second-order valence-corrected chi connectivity index (χ2v) is 3.68. The second kappa shape index (κ2) is 5.48. The normalized spacial score (nSPS) is 10.2. The Morgan fingerprint density at radius 2 is 1.41 bits per heavy atom. The summed E-state index contributed by atoms with van der Waals surface area (Å²) in [6.07, 6.45) is 0. The lowest BCUT2D eigenvalue weighted by molar-refractivity contribution is 0.276. The summed E-state index contributed by atoms with van der Waals surface area (Å²) in [6, 6.07) is 15.0. The molecule has 3 N–H and O–H groups in total. The fourth-order valence-electron chi connectivity index (χ4n) is 1.62. The number of hydrogen-bond acceptors (Lipinski definition) is 3. The van der Waals surface area contributed by atoms with Crippen molar-refractivity contribution in [1.82, 2.24) is 0 Å². The smallest absolute Gasteiger partial charge is 0.132 e. The van der Waals surface area contributed by atoms with E-state index in [-0.39, 0.29) is 6.61 Å². The molecule has 3 nitrogen and oxygen atoms in total. The average molecular weight is 229 g/mol. The van der Waals surface area contributed by atoms with E-state index in [1.807, 2.05) is 48.5 Å². The van der Waals surface area contributed by atoms with Gasteiger partial charge in [0.2, 0.25) is 0 Å². The third kappa shape index (κ3) is 2.64. The van der Waals surface area contributed by atoms with Crippen LogP contribution in [0.3, 0.4) is 0 Å². The molecule has 0 amide bonds. The van der Waals surface area contributed by atoms with Crippen molar-refractivity contribution in [2.75, 3.05) is 0 Å². The zero-order valence-electron chi connectivity index (χ0n) is 9.47. The van der Waals surface area contributed by atoms with Gasteiger partial charge in [-0.15, -0.1) is 0 Å². The minimum Gasteiger partial charge on any atom is -0.457 e. The number of hydrogen-bond donors (Lipinski definition) is 2. The van der Waals surface area contributed by atoms with E-state index in [1.54, 1.807) is 0 Å². The topological polar surface area (TPSA) is 55.5 Å². The fourth-order valence-corrected chi connectivity index (χ4v) is 1.62. The van der Waals surface area contributed by atoms with Gasteiger partial charge >= 0.3 is 0 Å². The van der Waals surface area contributed by atoms with E-state index in [9.17, 15) is 5.11 Å². The third-order valence-corrected chi connectivity index (χ3v) is 2.56. The van der Waals surface area contributed by atoms with Gasteiger partial charge in [-0.3, -0.25) is 0 Å². The Kier molecular flexibility index (Phi) is 3.75. The lowest BCUT2D eigenvalue weighted by Gasteiger charge is -2.12. The van der Waals surface area contributed by atoms with Crippen molar-refractivity contribution < 1.29 is 9.84 Å². The maximum Gasteiger partial charge on any atom is 0.132 e. The molecule has 0 unspecified atom stereocenters. The highest BCUT2D eigenvalue weighted by molar-refractivity contribution is 5.41. The summed E-state index contributed by atoms with van der Waals surface area (Å²) in [7, 11) is 0. The maximum absolute atomic E-state index is 9.22. The van der Waals surface area contributed by atoms with E-state index in [2.05, 4.69) is 0 Å². The summed E-state index contributed by atoms with van der Waals surface area (Å²) in [5.41, 5.74) is 7.35. The number of rotatable bonds is 4. The van der Waals surface area contributed by atoms with Crippen molar-refractivity contribution in [2.45, 2.75) is 13.2 Å². The van der Waals surface area contributed by atoms with Crippen molar-refractivity contribution >= 4 is 0 Å². The predicted molar refractivity (Wildman–Crippen MR) is 66.8 cm³/mol. The maximum atomic E-state index is 9.22. The van der Waals surface area contributed by atoms with Gasteiger partial charge in [0.05, 0.1) is 6.61 Å². The van der Waals surface area contributed by atoms with Crippen LogP contribution in [0.5, 0.6) is 11.5 Å². The van der Waals surface area contributed by atoms with Crippen LogP contribution in [-0.4, -0.2) is 5.11 Å². The molecule has 0 fully saturated rings. The molecule has 88 valence electrons. The van der Waals surface area contributed by atoms with E-state index in [1.165, 1.54) is 0 Å². The van der Waals surface area contributed by atoms with Gasteiger partial charge in [-0.25, -0.2) is 0 Å². The molecular formula is C14H15NO2. The molecule has 0 saturated carbocycles. The highest BCUT2D eigenvalue weighted by Crippen LogP contribution is 2.27. The van der Waals surface area contributed by atoms with Gasteiger partial charge in [-0.2, -0.15) is 0 Å². The first-order valence-corrected chi connectivity index (χ1v) is 5.49. The molecule has 0 spiro atoms. The first-order valence-electron chi connectivity index (χ1n) is 5.49. The molecule has 0 heterocycles. The SMILES string of the molecule is NCc1ccccc1Oc1ccccc1CO. The Morgan fingerprint density at radius 3 is 2.00 bits per heavy atom. The first kappa shape index (κ1) is 11.6. The minimum atomic E-state index is -0.0407. The summed E-state index contributed by atoms with van der Waals surface area (Å²) in [4.78, 5) is 0. The van der Waals surface area contributed by atoms with Crippen LogP contribution in [0.15, 0.2) is 48.5 Å². The van der Waals surface area contributed by atoms with E-state index in [0.29, 0.717) is 12.3 Å². The van der Waals surface area contributed by atoms with Crippen LogP contribution in [0.2, 0.25) is 0 Å². The van der Waals surface area contributed by atoms with Gasteiger partial charge in [0, 0.05) is 17.7 Å². The number of para-hydroxylation sites is 2. The third-order valence-electron chi connectivity index (χ3n) is 2.56. The summed E-state index contributed by atoms with van der Waals surface area (Å²) < 4.78 is 5.78. The lowest BCUT2D eigenvalue weighted by Crippen LogP contribution is -2.00. The van der Waals surface area contributed by atoms with Crippen LogP contribution in [0.4, 0.5) is 0 Å². The number of benzene rings is 2. The van der Waals surface area contributed by atoms with Crippen LogP contribution in [0.1, 0.15) is 11.1 Å². The predicted octanol–water partition coefficient (Wildman–Crippen LogP) is 2.43. The molecule has 0 radical (unpaired) electrons. The van der Waals surface area contributed by atoms with Gasteiger partial charge < -0.3 is 15.6 Å². The number of ether oxygens (including phenoxy) is 1. The van der Waals surface area contributed by atoms with Crippen molar-refractivity contribution in [3.63, 3.8) is 0 Å². The molecule has 17 heavy (non-hydrogen) atoms. The zero-order valence-corrected chi connectivity index (χ0v) is 9.47. The van der Waals surface area contributed by atoms with Crippen LogP contribution < -0.4 is 10.5 Å². The average Bonchev–Trinajstić information content (AvgIpc) is 2.40. The summed E-state index contributed by atoms with van der Waals surface area (Å²) in [5, 5.41) is 9.22. The first-order chi connectivity index (χ1) is 8.35. The molecular weight excluding hydrogens is 214 g/mol. The summed E-state index contributed by atoms with van der Waals surface area (Å²) >= 11 is 0. The molecule has 0 bridgehead atoms. The standard InChI is InChI=1S/C14H15NO2/c15-9-11-5-1-3-7-13(11)17-14-8-4-2-6-12(14)10-16/h1-8,16H,9-10,15H2. The molecule has 0 aliphatic rings. The molecule has 2 rings (SSSR count). The number of aliphatic hydroxyl groups excluding tert-OH is 1. The highest BCUT2D eigenvalue weighted by Gasteiger charge is 2.06. The van der Waals surface area contributed by atoms with Gasteiger partial charge in [0.25, 0.3) is 0 Å². The number of nitrogens with two attached hydrogens (primary N) is 1. The zero-order chi connectivity index (χ0) is 12.1. The van der Waals surface area contributed by atoms with Gasteiger partial charge in [0.1, 0.15) is 11.5 Å². The second-order valence-electron chi connectivity index (χ2n) is 3.68. The molecule has 0 aliphatic heterocycles.